The van der Waals surface area contributed by atoms with Crippen LogP contribution in [0.25, 0.3) is 0 Å². The molecule has 4 N–H and O–H groups in total. The molecule has 2 fully saturated rings. The molecule has 0 radical (unpaired) electrons. The largest absolute Gasteiger partial charge is 0.483 e. The van der Waals surface area contributed by atoms with Gasteiger partial charge in [0.15, 0.2) is 0 Å². The highest BCUT2D eigenvalue weighted by Gasteiger charge is 2.42. The minimum absolute atomic E-state index is 0.137. The molecule has 3 atom stereocenters. The second kappa shape index (κ2) is 7.91. The predicted molar refractivity (Wildman–Crippen MR) is 79.7 cm³/mol. The monoisotopic (exact) mass is 326 g/mol. The van der Waals surface area contributed by atoms with Crippen molar-refractivity contribution in [3.63, 3.8) is 0 Å². The molecule has 23 heavy (non-hydrogen) atoms. The molecule has 2 saturated heterocycles. The average Bonchev–Trinajstić information content (AvgIpc) is 3.06. The first-order valence-electron chi connectivity index (χ1n) is 7.72. The number of carboxylic acid groups (broad SMARTS) is 1. The van der Waals surface area contributed by atoms with E-state index in [1.807, 2.05) is 4.90 Å². The molecule has 3 rings (SSSR count). The number of aryl methyl sites for hydroxylation is 1. The summed E-state index contributed by atoms with van der Waals surface area (Å²) in [6.07, 6.45) is 4.75. The maximum atomic E-state index is 12.4. The van der Waals surface area contributed by atoms with Crippen LogP contribution in [0, 0.1) is 5.92 Å². The molecule has 128 valence electrons. The van der Waals surface area contributed by atoms with Crippen LogP contribution in [0.1, 0.15) is 37.9 Å². The lowest BCUT2D eigenvalue weighted by atomic mass is 9.91. The number of H-pyrrole nitrogens is 2. The smallest absolute Gasteiger partial charge is 0.340 e. The van der Waals surface area contributed by atoms with Crippen LogP contribution in [0.2, 0.25) is 0 Å². The van der Waals surface area contributed by atoms with Gasteiger partial charge in [-0.25, -0.2) is 9.89 Å². The van der Waals surface area contributed by atoms with E-state index in [1.54, 1.807) is 0 Å². The number of carbonyl (C=O) groups excluding carboxylic acids is 1. The summed E-state index contributed by atoms with van der Waals surface area (Å²) in [7, 11) is 0. The molecular formula is C14H22N4O5. The zero-order valence-electron chi connectivity index (χ0n) is 12.8. The van der Waals surface area contributed by atoms with E-state index < -0.39 is 0 Å². The first kappa shape index (κ1) is 17.2. The number of hydrogen-bond donors (Lipinski definition) is 4. The van der Waals surface area contributed by atoms with Crippen molar-refractivity contribution in [2.75, 3.05) is 6.61 Å². The van der Waals surface area contributed by atoms with Crippen molar-refractivity contribution < 1.29 is 19.8 Å². The second-order valence-corrected chi connectivity index (χ2v) is 5.94. The molecule has 0 saturated carbocycles. The average molecular weight is 326 g/mol. The number of hydrogen-bond acceptors (Lipinski definition) is 5. The summed E-state index contributed by atoms with van der Waals surface area (Å²) in [5.74, 6) is 1.01. The number of aromatic amines is 2. The van der Waals surface area contributed by atoms with E-state index in [4.69, 9.17) is 9.90 Å². The Bertz CT molecular complexity index is 570. The zero-order valence-corrected chi connectivity index (χ0v) is 12.8. The third-order valence-electron chi connectivity index (χ3n) is 4.50. The lowest BCUT2D eigenvalue weighted by Gasteiger charge is -2.38. The topological polar surface area (TPSA) is 139 Å². The molecule has 1 aromatic heterocycles. The van der Waals surface area contributed by atoms with Crippen molar-refractivity contribution in [2.45, 2.75) is 50.6 Å². The normalized spacial score (nSPS) is 25.6. The van der Waals surface area contributed by atoms with Crippen LogP contribution in [0.4, 0.5) is 0 Å². The molecule has 3 heterocycles. The van der Waals surface area contributed by atoms with Crippen molar-refractivity contribution in [3.05, 3.63) is 16.3 Å². The molecule has 2 aliphatic rings. The highest BCUT2D eigenvalue weighted by atomic mass is 16.3. The van der Waals surface area contributed by atoms with E-state index in [0.717, 1.165) is 25.7 Å². The van der Waals surface area contributed by atoms with Crippen LogP contribution in [0.3, 0.4) is 0 Å². The summed E-state index contributed by atoms with van der Waals surface area (Å²) >= 11 is 0. The fourth-order valence-electron chi connectivity index (χ4n) is 3.62. The van der Waals surface area contributed by atoms with Crippen LogP contribution in [-0.2, 0) is 16.0 Å². The first-order valence-corrected chi connectivity index (χ1v) is 7.72. The summed E-state index contributed by atoms with van der Waals surface area (Å²) in [5.41, 5.74) is -0.337. The van der Waals surface area contributed by atoms with Crippen molar-refractivity contribution in [2.24, 2.45) is 5.92 Å². The van der Waals surface area contributed by atoms with E-state index in [1.165, 1.54) is 0 Å². The van der Waals surface area contributed by atoms with Crippen LogP contribution in [0.15, 0.2) is 4.79 Å². The number of aliphatic hydroxyl groups is 1. The molecule has 1 amide bonds. The number of nitrogens with zero attached hydrogens (tertiary/aromatic N) is 2. The van der Waals surface area contributed by atoms with Crippen LogP contribution in [0.5, 0.6) is 0 Å². The number of carbonyl (C=O) groups is 2. The zero-order chi connectivity index (χ0) is 16.8. The fraction of sp³-hybridized carbons (Fsp3) is 0.714. The van der Waals surface area contributed by atoms with Gasteiger partial charge in [-0.15, -0.1) is 0 Å². The van der Waals surface area contributed by atoms with Crippen LogP contribution >= 0.6 is 0 Å². The summed E-state index contributed by atoms with van der Waals surface area (Å²) in [6.45, 7) is -0.0243. The van der Waals surface area contributed by atoms with Crippen molar-refractivity contribution in [1.29, 1.82) is 0 Å². The van der Waals surface area contributed by atoms with Gasteiger partial charge in [0.1, 0.15) is 5.82 Å². The van der Waals surface area contributed by atoms with E-state index in [2.05, 4.69) is 15.2 Å². The Morgan fingerprint density at radius 3 is 2.43 bits per heavy atom. The van der Waals surface area contributed by atoms with Gasteiger partial charge in [-0.05, 0) is 31.6 Å². The molecule has 2 bridgehead atoms. The van der Waals surface area contributed by atoms with Crippen molar-refractivity contribution in [3.8, 4) is 0 Å². The van der Waals surface area contributed by atoms with Crippen LogP contribution < -0.4 is 5.69 Å². The van der Waals surface area contributed by atoms with Gasteiger partial charge in [-0.2, -0.15) is 5.10 Å². The minimum atomic E-state index is -0.337. The molecule has 2 aliphatic heterocycles. The second-order valence-electron chi connectivity index (χ2n) is 5.94. The van der Waals surface area contributed by atoms with E-state index in [0.29, 0.717) is 24.6 Å². The number of piperidine rings is 1. The number of aliphatic hydroxyl groups excluding tert-OH is 1. The number of rotatable bonds is 4. The molecule has 1 unspecified atom stereocenters. The number of nitrogens with one attached hydrogen (secondary N) is 2. The van der Waals surface area contributed by atoms with Gasteiger partial charge in [-0.1, -0.05) is 0 Å². The Morgan fingerprint density at radius 2 is 1.96 bits per heavy atom. The molecule has 9 nitrogen and oxygen atoms in total. The Hall–Kier alpha value is -2.16. The van der Waals surface area contributed by atoms with Gasteiger partial charge >= 0.3 is 5.69 Å². The molecular weight excluding hydrogens is 304 g/mol. The maximum Gasteiger partial charge on any atom is 0.340 e. The Balaban J connectivity index is 0.000000595. The SMILES string of the molecule is O=C(CCc1n[nH]c(=O)[nH]1)N1[C@@H]2CC[C@H]1CC(CO)C2.O=CO. The third kappa shape index (κ3) is 4.19. The Labute approximate surface area is 132 Å². The first-order chi connectivity index (χ1) is 11.1. The third-order valence-corrected chi connectivity index (χ3v) is 4.50. The molecule has 0 aliphatic carbocycles. The highest BCUT2D eigenvalue weighted by Crippen LogP contribution is 2.38. The molecule has 0 aromatic carbocycles. The molecule has 0 spiro atoms. The van der Waals surface area contributed by atoms with Gasteiger partial charge in [-0.3, -0.25) is 14.6 Å². The van der Waals surface area contributed by atoms with Gasteiger partial charge in [0.2, 0.25) is 5.91 Å². The Morgan fingerprint density at radius 1 is 1.35 bits per heavy atom. The minimum Gasteiger partial charge on any atom is -0.483 e. The maximum absolute atomic E-state index is 12.4. The number of amides is 1. The summed E-state index contributed by atoms with van der Waals surface area (Å²) < 4.78 is 0. The Kier molecular flexibility index (Phi) is 5.91. The highest BCUT2D eigenvalue weighted by molar-refractivity contribution is 5.77. The van der Waals surface area contributed by atoms with Gasteiger partial charge in [0, 0.05) is 31.5 Å². The van der Waals surface area contributed by atoms with Crippen molar-refractivity contribution in [1.82, 2.24) is 20.1 Å². The lowest BCUT2D eigenvalue weighted by molar-refractivity contribution is -0.136. The van der Waals surface area contributed by atoms with Gasteiger partial charge < -0.3 is 15.1 Å². The molecule has 1 aromatic rings. The van der Waals surface area contributed by atoms with E-state index in [9.17, 15) is 14.7 Å². The molecule has 9 heteroatoms. The standard InChI is InChI=1S/C13H20N4O3.CH2O2/c18-7-8-5-9-1-2-10(6-8)17(9)12(19)4-3-11-14-13(20)16-15-11;2-1-3/h8-10,18H,1-7H2,(H2,14,15,16,20);1H,(H,2,3)/t8?,9-,10+;. The van der Waals surface area contributed by atoms with Crippen LogP contribution in [-0.4, -0.2) is 61.4 Å². The summed E-state index contributed by atoms with van der Waals surface area (Å²) in [6, 6.07) is 0.577. The number of aromatic nitrogens is 3. The number of fused-ring (bicyclic) bond motifs is 2. The summed E-state index contributed by atoms with van der Waals surface area (Å²) in [5, 5.41) is 22.3. The van der Waals surface area contributed by atoms with Crippen molar-refractivity contribution >= 4 is 12.4 Å². The fourth-order valence-corrected chi connectivity index (χ4v) is 3.62. The quantitative estimate of drug-likeness (QED) is 0.550. The van der Waals surface area contributed by atoms with E-state index in [-0.39, 0.29) is 36.8 Å². The van der Waals surface area contributed by atoms with E-state index >= 15 is 0 Å². The van der Waals surface area contributed by atoms with Gasteiger partial charge in [0.05, 0.1) is 0 Å². The van der Waals surface area contributed by atoms with Gasteiger partial charge in [0.25, 0.3) is 6.47 Å². The summed E-state index contributed by atoms with van der Waals surface area (Å²) in [4.78, 5) is 36.2. The lowest BCUT2D eigenvalue weighted by Crippen LogP contribution is -2.47. The predicted octanol–water partition coefficient (Wildman–Crippen LogP) is -0.507.